The highest BCUT2D eigenvalue weighted by Crippen LogP contribution is 2.25. The number of hydrogen-bond acceptors (Lipinski definition) is 5. The molecule has 1 aliphatic rings. The van der Waals surface area contributed by atoms with Crippen molar-refractivity contribution in [3.63, 3.8) is 0 Å². The number of sulfone groups is 1. The Morgan fingerprint density at radius 3 is 2.39 bits per heavy atom. The van der Waals surface area contributed by atoms with Crippen molar-refractivity contribution in [2.45, 2.75) is 18.9 Å². The lowest BCUT2D eigenvalue weighted by Crippen LogP contribution is -2.26. The van der Waals surface area contributed by atoms with Crippen LogP contribution in [-0.2, 0) is 24.2 Å². The quantitative estimate of drug-likeness (QED) is 0.747. The second-order valence-electron chi connectivity index (χ2n) is 6.75. The highest BCUT2D eigenvalue weighted by atomic mass is 32.2. The van der Waals surface area contributed by atoms with E-state index in [0.717, 1.165) is 0 Å². The fourth-order valence-corrected chi connectivity index (χ4v) is 4.95. The van der Waals surface area contributed by atoms with Crippen molar-refractivity contribution in [2.75, 3.05) is 16.8 Å². The van der Waals surface area contributed by atoms with Crippen LogP contribution in [0.2, 0.25) is 0 Å². The molecule has 0 saturated carbocycles. The summed E-state index contributed by atoms with van der Waals surface area (Å²) in [6.45, 7) is 0. The number of amides is 1. The van der Waals surface area contributed by atoms with Gasteiger partial charge < -0.3 is 10.1 Å². The third-order valence-corrected chi connectivity index (χ3v) is 6.32. The first kappa shape index (κ1) is 20.0. The average molecular weight is 405 g/mol. The first-order chi connectivity index (χ1) is 13.3. The summed E-state index contributed by atoms with van der Waals surface area (Å²) in [6, 6.07) is 13.7. The highest BCUT2D eigenvalue weighted by molar-refractivity contribution is 7.91. The van der Waals surface area contributed by atoms with Gasteiger partial charge in [0, 0.05) is 17.7 Å². The monoisotopic (exact) mass is 405 g/mol. The summed E-state index contributed by atoms with van der Waals surface area (Å²) in [5, 5.41) is 2.60. The van der Waals surface area contributed by atoms with Crippen LogP contribution in [-0.4, -0.2) is 31.8 Å². The van der Waals surface area contributed by atoms with E-state index in [4.69, 9.17) is 4.74 Å². The second-order valence-corrected chi connectivity index (χ2v) is 8.98. The van der Waals surface area contributed by atoms with E-state index in [9.17, 15) is 22.4 Å². The van der Waals surface area contributed by atoms with Gasteiger partial charge in [0.25, 0.3) is 5.91 Å². The third kappa shape index (κ3) is 5.39. The number of rotatable bonds is 6. The molecule has 2 aromatic carbocycles. The number of benzene rings is 2. The molecule has 8 heteroatoms. The summed E-state index contributed by atoms with van der Waals surface area (Å²) in [5.41, 5.74) is 0.847. The van der Waals surface area contributed by atoms with Gasteiger partial charge >= 0.3 is 5.97 Å². The molecule has 6 nitrogen and oxygen atoms in total. The Morgan fingerprint density at radius 2 is 1.79 bits per heavy atom. The summed E-state index contributed by atoms with van der Waals surface area (Å²) in [4.78, 5) is 25.0. The molecule has 1 aliphatic heterocycles. The number of halogens is 1. The maximum atomic E-state index is 13.0. The summed E-state index contributed by atoms with van der Waals surface area (Å²) >= 11 is 0. The Kier molecular flexibility index (Phi) is 6.08. The molecule has 0 aromatic heterocycles. The molecule has 28 heavy (non-hydrogen) atoms. The SMILES string of the molecule is O=C(C[C@H]1CCS(=O)(=O)C1)O[C@@H](C(=O)Nc1ccc(F)cc1)c1ccccc1. The normalized spacial score (nSPS) is 19.0. The van der Waals surface area contributed by atoms with Gasteiger partial charge in [-0.25, -0.2) is 12.8 Å². The van der Waals surface area contributed by atoms with Crippen LogP contribution in [0.3, 0.4) is 0 Å². The molecule has 2 atom stereocenters. The van der Waals surface area contributed by atoms with Gasteiger partial charge in [0.15, 0.2) is 9.84 Å². The molecule has 1 heterocycles. The lowest BCUT2D eigenvalue weighted by Gasteiger charge is -2.19. The predicted molar refractivity (Wildman–Crippen MR) is 102 cm³/mol. The average Bonchev–Trinajstić information content (AvgIpc) is 3.00. The van der Waals surface area contributed by atoms with Gasteiger partial charge in [-0.05, 0) is 36.6 Å². The molecule has 0 unspecified atom stereocenters. The molecule has 0 bridgehead atoms. The van der Waals surface area contributed by atoms with Crippen molar-refractivity contribution < 1.29 is 27.1 Å². The number of carbonyl (C=O) groups excluding carboxylic acids is 2. The molecule has 1 fully saturated rings. The zero-order valence-electron chi connectivity index (χ0n) is 15.0. The summed E-state index contributed by atoms with van der Waals surface area (Å²) in [7, 11) is -3.10. The van der Waals surface area contributed by atoms with Crippen LogP contribution < -0.4 is 5.32 Å². The molecule has 148 valence electrons. The molecule has 1 amide bonds. The van der Waals surface area contributed by atoms with Crippen LogP contribution in [0, 0.1) is 11.7 Å². The molecule has 2 aromatic rings. The van der Waals surface area contributed by atoms with Crippen LogP contribution >= 0.6 is 0 Å². The van der Waals surface area contributed by atoms with E-state index in [0.29, 0.717) is 17.7 Å². The minimum absolute atomic E-state index is 0.0418. The minimum Gasteiger partial charge on any atom is -0.447 e. The van der Waals surface area contributed by atoms with Gasteiger partial charge in [-0.2, -0.15) is 0 Å². The molecule has 1 saturated heterocycles. The third-order valence-electron chi connectivity index (χ3n) is 4.48. The molecule has 0 aliphatic carbocycles. The van der Waals surface area contributed by atoms with Gasteiger partial charge in [0.2, 0.25) is 6.10 Å². The Morgan fingerprint density at radius 1 is 1.11 bits per heavy atom. The Hall–Kier alpha value is -2.74. The molecular weight excluding hydrogens is 385 g/mol. The molecular formula is C20H20FNO5S. The van der Waals surface area contributed by atoms with Crippen LogP contribution in [0.25, 0.3) is 0 Å². The largest absolute Gasteiger partial charge is 0.447 e. The number of anilines is 1. The van der Waals surface area contributed by atoms with E-state index < -0.39 is 33.6 Å². The predicted octanol–water partition coefficient (Wildman–Crippen LogP) is 2.87. The number of esters is 1. The minimum atomic E-state index is -3.10. The van der Waals surface area contributed by atoms with Crippen molar-refractivity contribution >= 4 is 27.4 Å². The lowest BCUT2D eigenvalue weighted by molar-refractivity contribution is -0.155. The Labute approximate surface area is 162 Å². The Bertz CT molecular complexity index is 944. The topological polar surface area (TPSA) is 89.5 Å². The van der Waals surface area contributed by atoms with Gasteiger partial charge in [-0.3, -0.25) is 9.59 Å². The Balaban J connectivity index is 1.71. The van der Waals surface area contributed by atoms with Crippen LogP contribution in [0.15, 0.2) is 54.6 Å². The molecule has 3 rings (SSSR count). The smallest absolute Gasteiger partial charge is 0.307 e. The zero-order valence-corrected chi connectivity index (χ0v) is 15.8. The first-order valence-electron chi connectivity index (χ1n) is 8.84. The molecule has 1 N–H and O–H groups in total. The summed E-state index contributed by atoms with van der Waals surface area (Å²) in [6.07, 6.45) is -0.849. The van der Waals surface area contributed by atoms with E-state index in [2.05, 4.69) is 5.32 Å². The maximum Gasteiger partial charge on any atom is 0.307 e. The number of nitrogens with one attached hydrogen (secondary N) is 1. The van der Waals surface area contributed by atoms with Crippen LogP contribution in [0.4, 0.5) is 10.1 Å². The fraction of sp³-hybridized carbons (Fsp3) is 0.300. The molecule has 0 spiro atoms. The van der Waals surface area contributed by atoms with E-state index in [1.807, 2.05) is 0 Å². The number of carbonyl (C=O) groups is 2. The van der Waals surface area contributed by atoms with E-state index >= 15 is 0 Å². The molecule has 0 radical (unpaired) electrons. The van der Waals surface area contributed by atoms with Crippen molar-refractivity contribution in [1.29, 1.82) is 0 Å². The van der Waals surface area contributed by atoms with Crippen molar-refractivity contribution in [1.82, 2.24) is 0 Å². The van der Waals surface area contributed by atoms with Crippen LogP contribution in [0.1, 0.15) is 24.5 Å². The van der Waals surface area contributed by atoms with Gasteiger partial charge in [0.05, 0.1) is 11.5 Å². The first-order valence-corrected chi connectivity index (χ1v) is 10.7. The van der Waals surface area contributed by atoms with Gasteiger partial charge in [-0.15, -0.1) is 0 Å². The van der Waals surface area contributed by atoms with Crippen LogP contribution in [0.5, 0.6) is 0 Å². The highest BCUT2D eigenvalue weighted by Gasteiger charge is 2.32. The van der Waals surface area contributed by atoms with Gasteiger partial charge in [-0.1, -0.05) is 30.3 Å². The van der Waals surface area contributed by atoms with E-state index in [1.54, 1.807) is 30.3 Å². The summed E-state index contributed by atoms with van der Waals surface area (Å²) in [5.74, 6) is -1.92. The van der Waals surface area contributed by atoms with Crippen molar-refractivity contribution in [2.24, 2.45) is 5.92 Å². The number of ether oxygens (including phenoxy) is 1. The van der Waals surface area contributed by atoms with Gasteiger partial charge in [0.1, 0.15) is 5.82 Å². The fourth-order valence-electron chi connectivity index (χ4n) is 3.09. The van der Waals surface area contributed by atoms with Crippen molar-refractivity contribution in [3.05, 3.63) is 66.0 Å². The summed E-state index contributed by atoms with van der Waals surface area (Å²) < 4.78 is 41.6. The van der Waals surface area contributed by atoms with Crippen molar-refractivity contribution in [3.8, 4) is 0 Å². The second kappa shape index (κ2) is 8.52. The van der Waals surface area contributed by atoms with E-state index in [-0.39, 0.29) is 23.8 Å². The maximum absolute atomic E-state index is 13.0. The van der Waals surface area contributed by atoms with E-state index in [1.165, 1.54) is 24.3 Å². The zero-order chi connectivity index (χ0) is 20.1. The number of hydrogen-bond donors (Lipinski definition) is 1. The standard InChI is InChI=1S/C20H20FNO5S/c21-16-6-8-17(9-7-16)22-20(24)19(15-4-2-1-3-5-15)27-18(23)12-14-10-11-28(25,26)13-14/h1-9,14,19H,10-13H2,(H,22,24)/t14-,19-/m1/s1. The lowest BCUT2D eigenvalue weighted by atomic mass is 10.1.